The fourth-order valence-corrected chi connectivity index (χ4v) is 12.0. The molecule has 0 amide bonds. The van der Waals surface area contributed by atoms with E-state index in [0.717, 1.165) is 91.0 Å². The number of hydrogen-bond acceptors (Lipinski definition) is 39. The first-order chi connectivity index (χ1) is 53.3. The summed E-state index contributed by atoms with van der Waals surface area (Å²) in [6.45, 7) is -4.28. The highest BCUT2D eigenvalue weighted by Crippen LogP contribution is 2.45. The first-order valence-corrected chi connectivity index (χ1v) is 34.0. The van der Waals surface area contributed by atoms with E-state index in [2.05, 4.69) is 0 Å². The molecule has 5 aliphatic rings. The molecule has 606 valence electrons. The van der Waals surface area contributed by atoms with Gasteiger partial charge in [-0.15, -0.1) is 0 Å². The van der Waals surface area contributed by atoms with Gasteiger partial charge in [0.15, 0.2) is 58.4 Å². The van der Waals surface area contributed by atoms with Crippen LogP contribution in [0.5, 0.6) is 63.2 Å². The van der Waals surface area contributed by atoms with Crippen molar-refractivity contribution in [3.63, 3.8) is 0 Å². The minimum absolute atomic E-state index is 0.0743. The summed E-state index contributed by atoms with van der Waals surface area (Å²) in [5.41, 5.74) is 0.0687. The second-order valence-electron chi connectivity index (χ2n) is 26.1. The number of aliphatic hydroxyl groups excluding tert-OH is 16. The van der Waals surface area contributed by atoms with Crippen molar-refractivity contribution < 1.29 is 198 Å². The molecule has 5 saturated heterocycles. The van der Waals surface area contributed by atoms with E-state index in [0.29, 0.717) is 5.56 Å². The molecular weight excluding hydrogens is 1500 g/mol. The predicted molar refractivity (Wildman–Crippen MR) is 366 cm³/mol. The van der Waals surface area contributed by atoms with Gasteiger partial charge < -0.3 is 179 Å². The van der Waals surface area contributed by atoms with Crippen LogP contribution in [0.15, 0.2) is 114 Å². The van der Waals surface area contributed by atoms with E-state index in [1.807, 2.05) is 0 Å². The standard InChI is InChI=1S/C72H78O40/c73-22-44-52(85)57(90)62(95)69(107-44)104-41-20-31(75)19-40-32(41)21-43(66(102-40)30-7-10-34(77)37(80)18-30)106-72-67(112-71-65(98)60(93)55(88)47(110-71)25-100-51(84)14-6-29-2-9-35(78)42(17-29)105-70-63(96)58(91)53(86)45(23-74)108-70)61(94)56(89)48(111-72)26-101-50(83)13-5-28-3-11-39(38(81)16-28)103-68-64(97)59(92)54(87)46(109-68)24-99-49(82)12-4-27-1-8-33(76)36(79)15-27/h1-21,44-48,52-65,67-74,85-98H,22-26H2,(H6-,75,76,77,78,79,80,81,82,84)/p+1. The number of phenolic OH excluding ortho intramolecular Hbond substituents is 7. The van der Waals surface area contributed by atoms with Gasteiger partial charge in [0.05, 0.1) is 24.8 Å². The average molecular weight is 1580 g/mol. The number of aliphatic hydroxyl groups is 16. The smallest absolute Gasteiger partial charge is 0.402 e. The lowest BCUT2D eigenvalue weighted by Crippen LogP contribution is -2.65. The molecule has 112 heavy (non-hydrogen) atoms. The molecule has 0 radical (unpaired) electrons. The lowest BCUT2D eigenvalue weighted by Gasteiger charge is -2.45. The highest BCUT2D eigenvalue weighted by molar-refractivity contribution is 5.90. The van der Waals surface area contributed by atoms with Crippen LogP contribution in [0.3, 0.4) is 0 Å². The van der Waals surface area contributed by atoms with Crippen LogP contribution in [0.1, 0.15) is 16.7 Å². The lowest BCUT2D eigenvalue weighted by atomic mass is 9.97. The third kappa shape index (κ3) is 18.9. The Morgan fingerprint density at radius 2 is 0.741 bits per heavy atom. The lowest BCUT2D eigenvalue weighted by molar-refractivity contribution is -0.358. The van der Waals surface area contributed by atoms with Gasteiger partial charge >= 0.3 is 29.3 Å². The first-order valence-electron chi connectivity index (χ1n) is 34.0. The second kappa shape index (κ2) is 35.8. The van der Waals surface area contributed by atoms with Gasteiger partial charge in [-0.25, -0.2) is 18.8 Å². The number of benzene rings is 5. The normalized spacial score (nSPS) is 32.3. The SMILES string of the molecule is O=C(C=Cc1ccc(O)c(O)c1)OCC1OC(Oc2ccc(C=CC(=O)OCC3OC(Oc4cc5c(OC6OC(CO)C(O)C(O)C6O)cc(O)cc5[o+]c4-c4ccc(O)c(O)c4)C(OC4OC(COC(=O)C=Cc5ccc(O)c(OC6OC(CO)C(O)C(O)C6O)c5)C(O)C(O)C4O)C(O)C3O)cc2O)C(O)C(O)C1O. The minimum atomic E-state index is -2.33. The Hall–Kier alpha value is -9.94. The zero-order valence-electron chi connectivity index (χ0n) is 57.8. The zero-order valence-corrected chi connectivity index (χ0v) is 57.8. The molecule has 0 saturated carbocycles. The van der Waals surface area contributed by atoms with E-state index in [9.17, 15) is 132 Å². The van der Waals surface area contributed by atoms with Gasteiger partial charge in [0.2, 0.25) is 30.9 Å². The number of rotatable bonds is 25. The molecular formula is C72H79O40+. The molecule has 23 N–H and O–H groups in total. The van der Waals surface area contributed by atoms with Crippen molar-refractivity contribution in [2.24, 2.45) is 0 Å². The molecule has 5 aliphatic heterocycles. The molecule has 5 aromatic carbocycles. The number of hydrogen-bond donors (Lipinski definition) is 23. The van der Waals surface area contributed by atoms with Gasteiger partial charge in [0, 0.05) is 36.4 Å². The van der Waals surface area contributed by atoms with Crippen LogP contribution >= 0.6 is 0 Å². The minimum Gasteiger partial charge on any atom is -0.507 e. The summed E-state index contributed by atoms with van der Waals surface area (Å²) in [7, 11) is 0. The van der Waals surface area contributed by atoms with E-state index in [4.69, 9.17) is 66.0 Å². The summed E-state index contributed by atoms with van der Waals surface area (Å²) in [5, 5.41) is 245. The van der Waals surface area contributed by atoms with Crippen molar-refractivity contribution in [2.75, 3.05) is 33.0 Å². The molecule has 6 aromatic rings. The number of phenols is 7. The van der Waals surface area contributed by atoms with Crippen LogP contribution in [0.2, 0.25) is 0 Å². The zero-order chi connectivity index (χ0) is 80.8. The Kier molecular flexibility index (Phi) is 26.6. The summed E-state index contributed by atoms with van der Waals surface area (Å²) in [6, 6.07) is 17.0. The molecule has 6 heterocycles. The molecule has 25 unspecified atom stereocenters. The molecule has 0 bridgehead atoms. The van der Waals surface area contributed by atoms with Crippen LogP contribution in [0.25, 0.3) is 40.5 Å². The van der Waals surface area contributed by atoms with Crippen LogP contribution in [-0.4, -0.2) is 322 Å². The van der Waals surface area contributed by atoms with Crippen molar-refractivity contribution in [1.29, 1.82) is 0 Å². The van der Waals surface area contributed by atoms with E-state index in [1.165, 1.54) is 36.4 Å². The Morgan fingerprint density at radius 1 is 0.348 bits per heavy atom. The second-order valence-corrected chi connectivity index (χ2v) is 26.1. The molecule has 40 heteroatoms. The maximum atomic E-state index is 13.5. The quantitative estimate of drug-likeness (QED) is 0.00847. The number of ether oxygens (including phenoxy) is 13. The van der Waals surface area contributed by atoms with Crippen molar-refractivity contribution in [1.82, 2.24) is 0 Å². The van der Waals surface area contributed by atoms with E-state index >= 15 is 0 Å². The van der Waals surface area contributed by atoms with Gasteiger partial charge in [-0.1, -0.05) is 18.2 Å². The third-order valence-corrected chi connectivity index (χ3v) is 18.4. The maximum Gasteiger partial charge on any atom is 0.402 e. The summed E-state index contributed by atoms with van der Waals surface area (Å²) >= 11 is 0. The number of aromatic hydroxyl groups is 7. The molecule has 0 aliphatic carbocycles. The molecule has 11 rings (SSSR count). The van der Waals surface area contributed by atoms with Crippen molar-refractivity contribution in [3.05, 3.63) is 126 Å². The molecule has 40 nitrogen and oxygen atoms in total. The number of esters is 3. The summed E-state index contributed by atoms with van der Waals surface area (Å²) in [4.78, 5) is 39.3. The first kappa shape index (κ1) is 83.0. The predicted octanol–water partition coefficient (Wildman–Crippen LogP) is -4.35. The highest BCUT2D eigenvalue weighted by Gasteiger charge is 2.54. The van der Waals surface area contributed by atoms with Gasteiger partial charge in [0.1, 0.15) is 153 Å². The Bertz CT molecular complexity index is 4380. The van der Waals surface area contributed by atoms with Crippen LogP contribution in [0.4, 0.5) is 0 Å². The summed E-state index contributed by atoms with van der Waals surface area (Å²) in [5.74, 6) is -9.45. The van der Waals surface area contributed by atoms with Gasteiger partial charge in [-0.2, -0.15) is 0 Å². The Labute approximate surface area is 630 Å². The number of fused-ring (bicyclic) bond motifs is 1. The van der Waals surface area contributed by atoms with E-state index < -0.39 is 262 Å². The fraction of sp³-hybridized carbons (Fsp3) is 0.417. The molecule has 1 aromatic heterocycles. The fourth-order valence-electron chi connectivity index (χ4n) is 12.0. The largest absolute Gasteiger partial charge is 0.507 e. The highest BCUT2D eigenvalue weighted by atomic mass is 16.8. The Morgan fingerprint density at radius 3 is 1.23 bits per heavy atom. The topological polar surface area (TPSA) is 648 Å². The third-order valence-electron chi connectivity index (χ3n) is 18.4. The Balaban J connectivity index is 0.819. The van der Waals surface area contributed by atoms with Gasteiger partial charge in [-0.05, 0) is 83.4 Å². The molecule has 25 atom stereocenters. The molecule has 0 spiro atoms. The van der Waals surface area contributed by atoms with Gasteiger partial charge in [-0.3, -0.25) is 0 Å². The van der Waals surface area contributed by atoms with Crippen molar-refractivity contribution in [2.45, 2.75) is 154 Å². The maximum absolute atomic E-state index is 13.5. The van der Waals surface area contributed by atoms with Crippen LogP contribution in [0, 0.1) is 0 Å². The summed E-state index contributed by atoms with van der Waals surface area (Å²) in [6.07, 6.45) is -42.1. The van der Waals surface area contributed by atoms with Crippen molar-refractivity contribution >= 4 is 47.1 Å². The van der Waals surface area contributed by atoms with Crippen LogP contribution in [-0.2, 0) is 57.0 Å². The van der Waals surface area contributed by atoms with E-state index in [1.54, 1.807) is 0 Å². The van der Waals surface area contributed by atoms with E-state index in [-0.39, 0.29) is 39.2 Å². The van der Waals surface area contributed by atoms with Crippen molar-refractivity contribution in [3.8, 4) is 74.6 Å². The number of carbonyl (C=O) groups excluding carboxylic acids is 3. The monoisotopic (exact) mass is 1580 g/mol. The summed E-state index contributed by atoms with van der Waals surface area (Å²) < 4.78 is 80.2. The number of carbonyl (C=O) groups is 3. The average Bonchev–Trinajstić information content (AvgIpc) is 0.760. The van der Waals surface area contributed by atoms with Gasteiger partial charge in [0.25, 0.3) is 0 Å². The molecule has 5 fully saturated rings. The van der Waals surface area contributed by atoms with Crippen LogP contribution < -0.4 is 18.9 Å².